The third-order valence-electron chi connectivity index (χ3n) is 11.4. The van der Waals surface area contributed by atoms with Crippen LogP contribution in [-0.4, -0.2) is 0 Å². The summed E-state index contributed by atoms with van der Waals surface area (Å²) in [5.41, 5.74) is 1.53. The largest absolute Gasteiger partial charge is 0.149 e. The zero-order valence-electron chi connectivity index (χ0n) is 35.7. The van der Waals surface area contributed by atoms with Gasteiger partial charge in [-0.15, -0.1) is 33.4 Å². The first kappa shape index (κ1) is 42.9. The van der Waals surface area contributed by atoms with E-state index in [0.717, 1.165) is 12.8 Å². The predicted octanol–water partition coefficient (Wildman–Crippen LogP) is 10.2. The van der Waals surface area contributed by atoms with E-state index < -0.39 is 31.7 Å². The number of benzene rings is 8. The molecule has 0 N–H and O–H groups in total. The highest BCUT2D eigenvalue weighted by Gasteiger charge is 2.34. The molecule has 308 valence electrons. The second-order valence-corrected chi connectivity index (χ2v) is 24.3. The molecule has 0 fully saturated rings. The van der Waals surface area contributed by atoms with Crippen molar-refractivity contribution in [1.29, 1.82) is 0 Å². The van der Waals surface area contributed by atoms with Gasteiger partial charge in [0.2, 0.25) is 0 Å². The molecule has 0 amide bonds. The maximum Gasteiger partial charge on any atom is -0.0170 e. The SMILES string of the molecule is C=CCC(C)C[c-]1c(P(c2ccccc2)c2ccccc2)c(P(c2ccccc2)c2ccccc2)c(P(c2ccccc2)c2ccccc2)c1P(c1ccccc1)c1ccccc1. The molecule has 0 heterocycles. The van der Waals surface area contributed by atoms with Crippen molar-refractivity contribution in [2.75, 3.05) is 0 Å². The molecule has 0 aliphatic heterocycles. The minimum Gasteiger partial charge on any atom is -0.149 e. The molecule has 0 radical (unpaired) electrons. The summed E-state index contributed by atoms with van der Waals surface area (Å²) in [6, 6.07) is 91.7. The topological polar surface area (TPSA) is 0 Å². The maximum absolute atomic E-state index is 4.30. The Bertz CT molecular complexity index is 2450. The van der Waals surface area contributed by atoms with Gasteiger partial charge in [0.15, 0.2) is 0 Å². The Morgan fingerprint density at radius 1 is 0.349 bits per heavy atom. The van der Waals surface area contributed by atoms with E-state index in [1.807, 2.05) is 0 Å². The van der Waals surface area contributed by atoms with Crippen molar-refractivity contribution in [1.82, 2.24) is 0 Å². The Morgan fingerprint density at radius 2 is 0.556 bits per heavy atom. The summed E-state index contributed by atoms with van der Waals surface area (Å²) in [6.07, 6.45) is 4.02. The lowest BCUT2D eigenvalue weighted by atomic mass is 10.00. The van der Waals surface area contributed by atoms with Gasteiger partial charge in [0.25, 0.3) is 0 Å². The predicted molar refractivity (Wildman–Crippen MR) is 285 cm³/mol. The minimum atomic E-state index is -1.08. The number of hydrogen-bond acceptors (Lipinski definition) is 0. The van der Waals surface area contributed by atoms with Gasteiger partial charge < -0.3 is 0 Å². The molecule has 1 atom stereocenters. The number of allylic oxidation sites excluding steroid dienone is 1. The third-order valence-corrected chi connectivity index (χ3v) is 22.1. The molecule has 4 heteroatoms. The molecule has 1 unspecified atom stereocenters. The average molecular weight is 884 g/mol. The summed E-state index contributed by atoms with van der Waals surface area (Å²) >= 11 is 0. The summed E-state index contributed by atoms with van der Waals surface area (Å²) in [7, 11) is -4.26. The van der Waals surface area contributed by atoms with E-state index >= 15 is 0 Å². The van der Waals surface area contributed by atoms with Crippen LogP contribution in [0, 0.1) is 5.92 Å². The molecule has 0 saturated carbocycles. The molecule has 9 aromatic rings. The van der Waals surface area contributed by atoms with Crippen LogP contribution in [0.2, 0.25) is 0 Å². The van der Waals surface area contributed by atoms with E-state index in [-0.39, 0.29) is 0 Å². The fourth-order valence-electron chi connectivity index (χ4n) is 8.68. The fraction of sp³-hybridized carbons (Fsp3) is 0.0678. The van der Waals surface area contributed by atoms with Gasteiger partial charge in [0.1, 0.15) is 0 Å². The smallest absolute Gasteiger partial charge is 0.0170 e. The van der Waals surface area contributed by atoms with Crippen LogP contribution in [0.15, 0.2) is 255 Å². The fourth-order valence-corrected chi connectivity index (χ4v) is 20.7. The van der Waals surface area contributed by atoms with Gasteiger partial charge in [-0.2, -0.15) is 0 Å². The van der Waals surface area contributed by atoms with Crippen LogP contribution in [0.25, 0.3) is 0 Å². The highest BCUT2D eigenvalue weighted by Crippen LogP contribution is 2.48. The quantitative estimate of drug-likeness (QED) is 0.0515. The van der Waals surface area contributed by atoms with Crippen LogP contribution in [-0.2, 0) is 6.42 Å². The lowest BCUT2D eigenvalue weighted by Crippen LogP contribution is -2.43. The summed E-state index contributed by atoms with van der Waals surface area (Å²) in [5.74, 6) is 0.370. The van der Waals surface area contributed by atoms with Gasteiger partial charge in [0, 0.05) is 0 Å². The van der Waals surface area contributed by atoms with E-state index in [0.29, 0.717) is 5.92 Å². The molecule has 0 nitrogen and oxygen atoms in total. The monoisotopic (exact) mass is 883 g/mol. The summed E-state index contributed by atoms with van der Waals surface area (Å²) in [4.78, 5) is 0. The number of hydrogen-bond donors (Lipinski definition) is 0. The highest BCUT2D eigenvalue weighted by atomic mass is 31.1. The summed E-state index contributed by atoms with van der Waals surface area (Å²) in [5, 5.41) is 17.2. The molecule has 0 aliphatic rings. The first-order valence-corrected chi connectivity index (χ1v) is 27.1. The molecule has 0 aliphatic carbocycles. The molecule has 0 spiro atoms. The van der Waals surface area contributed by atoms with E-state index in [4.69, 9.17) is 0 Å². The standard InChI is InChI=1S/C59H51P4/c1-3-28-46(2)45-55-56(60(47-29-12-4-13-30-47)48-31-14-5-15-32-48)58(62(51-37-20-8-21-38-51)52-39-22-9-23-40-52)59(63(53-41-24-10-25-42-53)54-43-26-11-27-44-54)57(55)61(49-33-16-6-17-34-49)50-35-18-7-19-36-50/h3-27,29-44,46H,1,28,45H2,2H3/q-1. The lowest BCUT2D eigenvalue weighted by Gasteiger charge is -2.37. The molecular formula is C59H51P4-. The maximum atomic E-state index is 4.30. The van der Waals surface area contributed by atoms with Gasteiger partial charge in [-0.25, -0.2) is 0 Å². The molecule has 0 saturated heterocycles. The van der Waals surface area contributed by atoms with Gasteiger partial charge in [-0.05, 0) is 70.6 Å². The molecule has 0 aromatic heterocycles. The van der Waals surface area contributed by atoms with Crippen molar-refractivity contribution in [3.05, 3.63) is 261 Å². The van der Waals surface area contributed by atoms with Gasteiger partial charge in [-0.1, -0.05) is 278 Å². The molecule has 9 aromatic carbocycles. The molecular weight excluding hydrogens is 833 g/mol. The first-order chi connectivity index (χ1) is 31.2. The van der Waals surface area contributed by atoms with Crippen molar-refractivity contribution in [3.63, 3.8) is 0 Å². The van der Waals surface area contributed by atoms with E-state index in [1.54, 1.807) is 10.6 Å². The Balaban J connectivity index is 1.57. The van der Waals surface area contributed by atoms with Crippen molar-refractivity contribution >= 4 is 95.3 Å². The van der Waals surface area contributed by atoms with Crippen LogP contribution < -0.4 is 63.7 Å². The third kappa shape index (κ3) is 9.44. The highest BCUT2D eigenvalue weighted by molar-refractivity contribution is 7.91. The van der Waals surface area contributed by atoms with Crippen LogP contribution >= 0.6 is 31.7 Å². The van der Waals surface area contributed by atoms with Gasteiger partial charge in [0.05, 0.1) is 0 Å². The second kappa shape index (κ2) is 20.8. The molecule has 63 heavy (non-hydrogen) atoms. The molecule has 0 bridgehead atoms. The normalized spacial score (nSPS) is 12.0. The second-order valence-electron chi connectivity index (χ2n) is 15.7. The Labute approximate surface area is 379 Å². The van der Waals surface area contributed by atoms with Crippen molar-refractivity contribution in [2.24, 2.45) is 5.92 Å². The van der Waals surface area contributed by atoms with Crippen LogP contribution in [0.4, 0.5) is 0 Å². The van der Waals surface area contributed by atoms with Gasteiger partial charge in [-0.3, -0.25) is 0 Å². The number of rotatable bonds is 16. The summed E-state index contributed by atoms with van der Waals surface area (Å²) < 4.78 is 0. The minimum absolute atomic E-state index is 0.370. The summed E-state index contributed by atoms with van der Waals surface area (Å²) in [6.45, 7) is 6.74. The Morgan fingerprint density at radius 3 is 0.762 bits per heavy atom. The van der Waals surface area contributed by atoms with Crippen LogP contribution in [0.5, 0.6) is 0 Å². The van der Waals surface area contributed by atoms with E-state index in [2.05, 4.69) is 262 Å². The lowest BCUT2D eigenvalue weighted by molar-refractivity contribution is 0.594. The zero-order valence-corrected chi connectivity index (χ0v) is 39.2. The Hall–Kier alpha value is -5.43. The van der Waals surface area contributed by atoms with Gasteiger partial charge >= 0.3 is 0 Å². The van der Waals surface area contributed by atoms with Crippen molar-refractivity contribution in [3.8, 4) is 0 Å². The molecule has 9 rings (SSSR count). The van der Waals surface area contributed by atoms with Crippen LogP contribution in [0.3, 0.4) is 0 Å². The van der Waals surface area contributed by atoms with E-state index in [9.17, 15) is 0 Å². The zero-order chi connectivity index (χ0) is 42.8. The van der Waals surface area contributed by atoms with Crippen LogP contribution in [0.1, 0.15) is 18.9 Å². The van der Waals surface area contributed by atoms with Crippen molar-refractivity contribution in [2.45, 2.75) is 19.8 Å². The Kier molecular flexibility index (Phi) is 14.2. The average Bonchev–Trinajstić information content (AvgIpc) is 3.63. The van der Waals surface area contributed by atoms with E-state index in [1.165, 1.54) is 58.6 Å². The van der Waals surface area contributed by atoms with Crippen molar-refractivity contribution < 1.29 is 0 Å². The first-order valence-electron chi connectivity index (χ1n) is 21.8.